The van der Waals surface area contributed by atoms with Crippen molar-refractivity contribution >= 4 is 78.8 Å². The molecule has 0 amide bonds. The summed E-state index contributed by atoms with van der Waals surface area (Å²) in [7, 11) is -30.6. The van der Waals surface area contributed by atoms with Gasteiger partial charge >= 0.3 is 70.4 Å². The monoisotopic (exact) mass is 800 g/mol. The lowest BCUT2D eigenvalue weighted by molar-refractivity contribution is -0.0301. The third kappa shape index (κ3) is 9.36. The summed E-state index contributed by atoms with van der Waals surface area (Å²) in [5.41, 5.74) is -0.666. The summed E-state index contributed by atoms with van der Waals surface area (Å²) in [6.07, 6.45) is 1.26. The van der Waals surface area contributed by atoms with Crippen LogP contribution in [0.15, 0.2) is 0 Å². The minimum absolute atomic E-state index is 0.151. The third-order valence-electron chi connectivity index (χ3n) is 7.69. The third-order valence-corrected chi connectivity index (χ3v) is 45.3. The molecule has 0 spiro atoms. The molecule has 25 heteroatoms. The SMILES string of the molecule is CCC(CO)(CO)COCCC[Si](C)(C)O[Si]12O[Si](C)(C)O[Si]3(C)O[Si]4(C)O[Si](C)(OC)O[Si](C)(O[Si](C)(O4)O[Si](C)(O3)O1)O2. The second-order valence-electron chi connectivity index (χ2n) is 13.6. The van der Waals surface area contributed by atoms with E-state index in [0.29, 0.717) is 25.5 Å². The van der Waals surface area contributed by atoms with E-state index in [9.17, 15) is 10.2 Å². The van der Waals surface area contributed by atoms with Crippen molar-refractivity contribution in [2.75, 3.05) is 33.5 Å². The smallest absolute Gasteiger partial charge is 0.396 e. The maximum atomic E-state index is 9.75. The Bertz CT molecular complexity index is 1070. The van der Waals surface area contributed by atoms with Crippen molar-refractivity contribution in [3.8, 4) is 0 Å². The molecule has 4 heterocycles. The van der Waals surface area contributed by atoms with E-state index in [1.54, 1.807) is 39.3 Å². The van der Waals surface area contributed by atoms with E-state index in [4.69, 9.17) is 58.5 Å². The molecule has 4 aliphatic rings. The van der Waals surface area contributed by atoms with Gasteiger partial charge in [-0.1, -0.05) is 6.92 Å². The van der Waals surface area contributed by atoms with Crippen molar-refractivity contribution in [1.29, 1.82) is 0 Å². The summed E-state index contributed by atoms with van der Waals surface area (Å²) >= 11 is 0. The molecule has 264 valence electrons. The second kappa shape index (κ2) is 13.1. The van der Waals surface area contributed by atoms with E-state index in [0.717, 1.165) is 0 Å². The van der Waals surface area contributed by atoms with Crippen LogP contribution < -0.4 is 0 Å². The molecule has 16 nitrogen and oxygen atoms in total. The molecule has 4 fully saturated rings. The van der Waals surface area contributed by atoms with Gasteiger partial charge in [0.25, 0.3) is 0 Å². The summed E-state index contributed by atoms with van der Waals surface area (Å²) < 4.78 is 92.4. The maximum absolute atomic E-state index is 9.75. The Labute approximate surface area is 276 Å². The van der Waals surface area contributed by atoms with Crippen LogP contribution in [0.4, 0.5) is 0 Å². The van der Waals surface area contributed by atoms with Gasteiger partial charge in [-0.05, 0) is 45.1 Å². The predicted octanol–water partition coefficient (Wildman–Crippen LogP) is 2.43. The van der Waals surface area contributed by atoms with Gasteiger partial charge in [0.2, 0.25) is 0 Å². The van der Waals surface area contributed by atoms with E-state index in [1.807, 2.05) is 33.1 Å². The zero-order chi connectivity index (χ0) is 33.8. The minimum Gasteiger partial charge on any atom is -0.396 e. The zero-order valence-corrected chi connectivity index (χ0v) is 37.6. The van der Waals surface area contributed by atoms with Gasteiger partial charge in [0, 0.05) is 58.4 Å². The van der Waals surface area contributed by atoms with Gasteiger partial charge < -0.3 is 68.8 Å². The highest BCUT2D eigenvalue weighted by Crippen LogP contribution is 2.46. The van der Waals surface area contributed by atoms with Crippen molar-refractivity contribution < 1.29 is 68.8 Å². The number of aliphatic hydroxyl groups is 2. The van der Waals surface area contributed by atoms with E-state index in [1.165, 1.54) is 7.11 Å². The molecular weight excluding hydrogens is 749 g/mol. The fourth-order valence-corrected chi connectivity index (χ4v) is 51.6. The molecule has 0 aromatic heterocycles. The number of hydrogen-bond acceptors (Lipinski definition) is 16. The maximum Gasteiger partial charge on any atom is 0.644 e. The molecule has 4 saturated heterocycles. The summed E-state index contributed by atoms with van der Waals surface area (Å²) in [6, 6.07) is 0.654. The number of fused-ring (bicyclic) bond motifs is 4. The van der Waals surface area contributed by atoms with Crippen LogP contribution in [0.5, 0.6) is 0 Å². The first-order valence-corrected chi connectivity index (χ1v) is 36.1. The van der Waals surface area contributed by atoms with Crippen molar-refractivity contribution in [3.63, 3.8) is 0 Å². The van der Waals surface area contributed by atoms with Gasteiger partial charge in [-0.25, -0.2) is 0 Å². The molecule has 0 aliphatic carbocycles. The van der Waals surface area contributed by atoms with Crippen molar-refractivity contribution in [2.24, 2.45) is 5.41 Å². The fourth-order valence-electron chi connectivity index (χ4n) is 5.87. The average Bonchev–Trinajstić information content (AvgIpc) is 2.80. The van der Waals surface area contributed by atoms with Gasteiger partial charge in [0.15, 0.2) is 8.32 Å². The van der Waals surface area contributed by atoms with Crippen molar-refractivity contribution in [2.45, 2.75) is 91.3 Å². The van der Waals surface area contributed by atoms with Crippen LogP contribution >= 0.6 is 0 Å². The van der Waals surface area contributed by atoms with E-state index in [-0.39, 0.29) is 19.8 Å². The molecule has 0 radical (unpaired) electrons. The van der Waals surface area contributed by atoms with Crippen LogP contribution in [0.1, 0.15) is 19.8 Å². The highest BCUT2D eigenvalue weighted by atomic mass is 28.6. The largest absolute Gasteiger partial charge is 0.644 e. The predicted molar refractivity (Wildman–Crippen MR) is 178 cm³/mol. The lowest BCUT2D eigenvalue weighted by Gasteiger charge is -2.57. The molecule has 45 heavy (non-hydrogen) atoms. The van der Waals surface area contributed by atoms with Gasteiger partial charge in [-0.3, -0.25) is 0 Å². The van der Waals surface area contributed by atoms with Crippen LogP contribution in [0.25, 0.3) is 0 Å². The number of hydrogen-bond donors (Lipinski definition) is 2. The Kier molecular flexibility index (Phi) is 11.4. The summed E-state index contributed by atoms with van der Waals surface area (Å²) in [6.45, 7) is 20.5. The van der Waals surface area contributed by atoms with Crippen LogP contribution in [-0.2, 0) is 58.5 Å². The Hall–Kier alpha value is 1.31. The first-order valence-electron chi connectivity index (χ1n) is 15.2. The lowest BCUT2D eigenvalue weighted by Crippen LogP contribution is -2.83. The van der Waals surface area contributed by atoms with Crippen molar-refractivity contribution in [3.05, 3.63) is 0 Å². The standard InChI is InChI=1S/C20H52O16Si9/c1-13-20(17-21,18-22)19-24-15-14-16-37(3,4)25-45-27-38(5,6)26-40(8)30-41(9)28-39(7,23-2)29-43(11,35-45)33-42(10,32-41)34-44(12,31-40)36-45/h21-22H,13-19H2,1-12H3. The van der Waals surface area contributed by atoms with Crippen LogP contribution in [-0.4, -0.2) is 123 Å². The topological polar surface area (TPSA) is 170 Å². The first-order chi connectivity index (χ1) is 20.4. The molecule has 7 atom stereocenters. The Morgan fingerprint density at radius 1 is 0.644 bits per heavy atom. The Morgan fingerprint density at radius 3 is 1.56 bits per heavy atom. The summed E-state index contributed by atoms with van der Waals surface area (Å²) in [4.78, 5) is 0. The molecular formula is C20H52O16Si9. The molecule has 0 aromatic carbocycles. The summed E-state index contributed by atoms with van der Waals surface area (Å²) in [5.74, 6) is 0. The van der Waals surface area contributed by atoms with Gasteiger partial charge in [0.1, 0.15) is 0 Å². The Balaban J connectivity index is 1.69. The molecule has 2 N–H and O–H groups in total. The first kappa shape index (κ1) is 39.1. The number of aliphatic hydroxyl groups excluding tert-OH is 2. The molecule has 6 bridgehead atoms. The van der Waals surface area contributed by atoms with Crippen LogP contribution in [0.3, 0.4) is 0 Å². The zero-order valence-electron chi connectivity index (χ0n) is 28.6. The normalized spacial score (nSPS) is 43.6. The fraction of sp³-hybridized carbons (Fsp3) is 1.00. The quantitative estimate of drug-likeness (QED) is 0.218. The molecule has 0 saturated carbocycles. The molecule has 4 aliphatic heterocycles. The van der Waals surface area contributed by atoms with Gasteiger partial charge in [-0.15, -0.1) is 0 Å². The highest BCUT2D eigenvalue weighted by molar-refractivity contribution is 7.00. The highest BCUT2D eigenvalue weighted by Gasteiger charge is 2.77. The Morgan fingerprint density at radius 2 is 1.09 bits per heavy atom. The van der Waals surface area contributed by atoms with Crippen LogP contribution in [0, 0.1) is 5.41 Å². The van der Waals surface area contributed by atoms with Crippen LogP contribution in [0.2, 0.25) is 71.5 Å². The van der Waals surface area contributed by atoms with E-state index in [2.05, 4.69) is 0 Å². The minimum atomic E-state index is -4.25. The van der Waals surface area contributed by atoms with Gasteiger partial charge in [-0.2, -0.15) is 0 Å². The van der Waals surface area contributed by atoms with E-state index >= 15 is 0 Å². The number of rotatable bonds is 12. The molecule has 4 rings (SSSR count). The van der Waals surface area contributed by atoms with Crippen molar-refractivity contribution in [1.82, 2.24) is 0 Å². The summed E-state index contributed by atoms with van der Waals surface area (Å²) in [5, 5.41) is 19.5. The second-order valence-corrected chi connectivity index (χ2v) is 42.0. The van der Waals surface area contributed by atoms with E-state index < -0.39 is 84.2 Å². The average molecular weight is 801 g/mol. The lowest BCUT2D eigenvalue weighted by atomic mass is 9.88. The number of ether oxygens (including phenoxy) is 1. The van der Waals surface area contributed by atoms with Gasteiger partial charge in [0.05, 0.1) is 19.8 Å². The molecule has 7 unspecified atom stereocenters. The molecule has 0 aromatic rings.